The normalized spacial score (nSPS) is 14.4. The summed E-state index contributed by atoms with van der Waals surface area (Å²) in [4.78, 5) is 21.8. The molecular weight excluding hydrogens is 230 g/mol. The van der Waals surface area contributed by atoms with Gasteiger partial charge in [0.2, 0.25) is 0 Å². The highest BCUT2D eigenvalue weighted by molar-refractivity contribution is 5.76. The number of aromatic nitrogens is 2. The van der Waals surface area contributed by atoms with Gasteiger partial charge in [-0.15, -0.1) is 0 Å². The maximum atomic E-state index is 11.2. The summed E-state index contributed by atoms with van der Waals surface area (Å²) in [6, 6.07) is 1.93. The van der Waals surface area contributed by atoms with Crippen molar-refractivity contribution in [3.63, 3.8) is 0 Å². The van der Waals surface area contributed by atoms with Gasteiger partial charge in [0, 0.05) is 24.8 Å². The van der Waals surface area contributed by atoms with Crippen LogP contribution in [0.15, 0.2) is 6.07 Å². The lowest BCUT2D eigenvalue weighted by molar-refractivity contribution is -0.146. The van der Waals surface area contributed by atoms with Crippen LogP contribution in [-0.2, 0) is 9.53 Å². The highest BCUT2D eigenvalue weighted by Gasteiger charge is 2.34. The predicted octanol–water partition coefficient (Wildman–Crippen LogP) is 1.73. The van der Waals surface area contributed by atoms with Crippen LogP contribution in [0.2, 0.25) is 0 Å². The van der Waals surface area contributed by atoms with Crippen LogP contribution >= 0.6 is 0 Å². The molecule has 0 aliphatic carbocycles. The van der Waals surface area contributed by atoms with Gasteiger partial charge in [0.25, 0.3) is 0 Å². The second-order valence-electron chi connectivity index (χ2n) is 4.04. The van der Waals surface area contributed by atoms with Crippen molar-refractivity contribution in [1.82, 2.24) is 9.97 Å². The number of esters is 1. The van der Waals surface area contributed by atoms with Crippen molar-refractivity contribution >= 4 is 11.8 Å². The van der Waals surface area contributed by atoms with Crippen LogP contribution in [-0.4, -0.2) is 36.1 Å². The third-order valence-corrected chi connectivity index (χ3v) is 2.69. The molecule has 5 nitrogen and oxygen atoms in total. The van der Waals surface area contributed by atoms with Gasteiger partial charge in [-0.3, -0.25) is 4.79 Å². The minimum Gasteiger partial charge on any atom is -0.469 e. The number of hydrogen-bond acceptors (Lipinski definition) is 5. The van der Waals surface area contributed by atoms with Gasteiger partial charge < -0.3 is 9.64 Å². The maximum absolute atomic E-state index is 11.2. The third kappa shape index (κ3) is 3.18. The van der Waals surface area contributed by atoms with Crippen LogP contribution in [0, 0.1) is 19.8 Å². The van der Waals surface area contributed by atoms with E-state index in [1.807, 2.05) is 33.8 Å². The Hall–Kier alpha value is -1.65. The molecule has 100 valence electrons. The van der Waals surface area contributed by atoms with Gasteiger partial charge in [-0.1, -0.05) is 13.8 Å². The average molecular weight is 251 g/mol. The van der Waals surface area contributed by atoms with E-state index >= 15 is 0 Å². The lowest BCUT2D eigenvalue weighted by Crippen LogP contribution is -2.51. The van der Waals surface area contributed by atoms with Crippen molar-refractivity contribution in [2.75, 3.05) is 25.1 Å². The molecule has 2 rings (SSSR count). The summed E-state index contributed by atoms with van der Waals surface area (Å²) in [5.74, 6) is 1.50. The fourth-order valence-electron chi connectivity index (χ4n) is 1.84. The van der Waals surface area contributed by atoms with Crippen molar-refractivity contribution < 1.29 is 9.53 Å². The monoisotopic (exact) mass is 251 g/mol. The van der Waals surface area contributed by atoms with E-state index in [1.54, 1.807) is 0 Å². The average Bonchev–Trinajstić information content (AvgIpc) is 2.28. The molecule has 0 amide bonds. The molecule has 0 unspecified atom stereocenters. The smallest absolute Gasteiger partial charge is 0.312 e. The first-order valence-corrected chi connectivity index (χ1v) is 6.25. The van der Waals surface area contributed by atoms with Gasteiger partial charge in [-0.05, 0) is 13.8 Å². The van der Waals surface area contributed by atoms with Crippen LogP contribution in [0.3, 0.4) is 0 Å². The number of rotatable bonds is 2. The summed E-state index contributed by atoms with van der Waals surface area (Å²) >= 11 is 0. The zero-order valence-corrected chi connectivity index (χ0v) is 11.7. The Morgan fingerprint density at radius 1 is 1.33 bits per heavy atom. The molecular formula is C13H21N3O2. The van der Waals surface area contributed by atoms with Gasteiger partial charge >= 0.3 is 5.97 Å². The quantitative estimate of drug-likeness (QED) is 0.749. The van der Waals surface area contributed by atoms with E-state index in [4.69, 9.17) is 0 Å². The summed E-state index contributed by atoms with van der Waals surface area (Å²) < 4.78 is 4.69. The molecule has 1 saturated heterocycles. The van der Waals surface area contributed by atoms with E-state index in [0.29, 0.717) is 13.1 Å². The lowest BCUT2D eigenvalue weighted by Gasteiger charge is -2.38. The van der Waals surface area contributed by atoms with Crippen LogP contribution < -0.4 is 4.90 Å². The van der Waals surface area contributed by atoms with Gasteiger partial charge in [0.1, 0.15) is 11.6 Å². The molecule has 0 radical (unpaired) electrons. The van der Waals surface area contributed by atoms with Gasteiger partial charge in [0.05, 0.1) is 13.0 Å². The number of nitrogens with zero attached hydrogens (tertiary/aromatic N) is 3. The molecule has 0 spiro atoms. The van der Waals surface area contributed by atoms with Gasteiger partial charge in [-0.25, -0.2) is 9.97 Å². The molecule has 0 aromatic carbocycles. The largest absolute Gasteiger partial charge is 0.469 e. The molecule has 0 N–H and O–H groups in total. The topological polar surface area (TPSA) is 55.3 Å². The summed E-state index contributed by atoms with van der Waals surface area (Å²) in [5.41, 5.74) is 0.948. The lowest BCUT2D eigenvalue weighted by atomic mass is 10.0. The second kappa shape index (κ2) is 6.33. The van der Waals surface area contributed by atoms with Gasteiger partial charge in [0.15, 0.2) is 0 Å². The first-order chi connectivity index (χ1) is 8.60. The first kappa shape index (κ1) is 14.4. The number of hydrogen-bond donors (Lipinski definition) is 0. The van der Waals surface area contributed by atoms with Crippen LogP contribution in [0.1, 0.15) is 25.4 Å². The molecule has 5 heteroatoms. The van der Waals surface area contributed by atoms with Crippen LogP contribution in [0.4, 0.5) is 5.82 Å². The number of anilines is 1. The van der Waals surface area contributed by atoms with Crippen molar-refractivity contribution in [2.24, 2.45) is 5.92 Å². The van der Waals surface area contributed by atoms with Crippen molar-refractivity contribution in [3.05, 3.63) is 17.6 Å². The third-order valence-electron chi connectivity index (χ3n) is 2.69. The van der Waals surface area contributed by atoms with Crippen LogP contribution in [0.25, 0.3) is 0 Å². The minimum atomic E-state index is -0.140. The predicted molar refractivity (Wildman–Crippen MR) is 70.6 cm³/mol. The van der Waals surface area contributed by atoms with Crippen molar-refractivity contribution in [2.45, 2.75) is 27.7 Å². The molecule has 2 heterocycles. The standard InChI is InChI=1S/C11H15N3O2.C2H6/c1-7-4-10(13-8(2)12-7)14-5-9(6-14)11(15)16-3;1-2/h4,9H,5-6H2,1-3H3;1-2H3. The Balaban J connectivity index is 0.000000771. The fraction of sp³-hybridized carbons (Fsp3) is 0.615. The van der Waals surface area contributed by atoms with Gasteiger partial charge in [-0.2, -0.15) is 0 Å². The first-order valence-electron chi connectivity index (χ1n) is 6.25. The van der Waals surface area contributed by atoms with E-state index in [0.717, 1.165) is 17.3 Å². The molecule has 0 atom stereocenters. The summed E-state index contributed by atoms with van der Waals surface area (Å²) in [6.07, 6.45) is 0. The molecule has 1 aromatic rings. The van der Waals surface area contributed by atoms with E-state index in [-0.39, 0.29) is 11.9 Å². The zero-order valence-electron chi connectivity index (χ0n) is 11.7. The number of aryl methyl sites for hydroxylation is 2. The molecule has 0 bridgehead atoms. The summed E-state index contributed by atoms with van der Waals surface area (Å²) in [5, 5.41) is 0. The molecule has 1 aliphatic heterocycles. The SMILES string of the molecule is CC.COC(=O)C1CN(c2cc(C)nc(C)n2)C1. The molecule has 0 saturated carbocycles. The number of ether oxygens (including phenoxy) is 1. The van der Waals surface area contributed by atoms with Crippen molar-refractivity contribution in [1.29, 1.82) is 0 Å². The number of carbonyl (C=O) groups is 1. The van der Waals surface area contributed by atoms with E-state index in [9.17, 15) is 4.79 Å². The summed E-state index contributed by atoms with van der Waals surface area (Å²) in [6.45, 7) is 9.18. The summed E-state index contributed by atoms with van der Waals surface area (Å²) in [7, 11) is 1.42. The number of methoxy groups -OCH3 is 1. The second-order valence-corrected chi connectivity index (χ2v) is 4.04. The maximum Gasteiger partial charge on any atom is 0.312 e. The molecule has 1 aliphatic rings. The fourth-order valence-corrected chi connectivity index (χ4v) is 1.84. The Morgan fingerprint density at radius 2 is 1.94 bits per heavy atom. The minimum absolute atomic E-state index is 0.0134. The molecule has 1 fully saturated rings. The van der Waals surface area contributed by atoms with Crippen molar-refractivity contribution in [3.8, 4) is 0 Å². The Bertz CT molecular complexity index is 394. The number of carbonyl (C=O) groups excluding carboxylic acids is 1. The van der Waals surface area contributed by atoms with E-state index in [2.05, 4.69) is 19.6 Å². The Morgan fingerprint density at radius 3 is 2.44 bits per heavy atom. The molecule has 1 aromatic heterocycles. The highest BCUT2D eigenvalue weighted by Crippen LogP contribution is 2.23. The Labute approximate surface area is 108 Å². The van der Waals surface area contributed by atoms with E-state index < -0.39 is 0 Å². The highest BCUT2D eigenvalue weighted by atomic mass is 16.5. The zero-order chi connectivity index (χ0) is 13.7. The Kier molecular flexibility index (Phi) is 5.07. The van der Waals surface area contributed by atoms with Crippen LogP contribution in [0.5, 0.6) is 0 Å². The van der Waals surface area contributed by atoms with E-state index in [1.165, 1.54) is 7.11 Å². The molecule has 18 heavy (non-hydrogen) atoms.